The summed E-state index contributed by atoms with van der Waals surface area (Å²) in [6, 6.07) is 61.5. The third-order valence-electron chi connectivity index (χ3n) is 9.69. The Morgan fingerprint density at radius 3 is 1.28 bits per heavy atom. The molecule has 0 saturated carbocycles. The van der Waals surface area contributed by atoms with Crippen molar-refractivity contribution in [3.05, 3.63) is 215 Å². The van der Waals surface area contributed by atoms with Gasteiger partial charge in [0.05, 0.1) is 26.4 Å². The van der Waals surface area contributed by atoms with Gasteiger partial charge in [0.15, 0.2) is 6.29 Å². The predicted octanol–water partition coefficient (Wildman–Crippen LogP) is 9.12. The molecule has 1 heterocycles. The highest BCUT2D eigenvalue weighted by Gasteiger charge is 2.51. The fourth-order valence-corrected chi connectivity index (χ4v) is 7.03. The monoisotopic (exact) mass is 706 g/mol. The van der Waals surface area contributed by atoms with E-state index in [1.807, 2.05) is 121 Å². The second kappa shape index (κ2) is 18.2. The summed E-state index contributed by atoms with van der Waals surface area (Å²) in [6.45, 7) is 1.25. The summed E-state index contributed by atoms with van der Waals surface area (Å²) in [4.78, 5) is 0. The summed E-state index contributed by atoms with van der Waals surface area (Å²) in [6.07, 6.45) is -2.98. The van der Waals surface area contributed by atoms with Gasteiger partial charge in [-0.25, -0.2) is 0 Å². The maximum atomic E-state index is 7.35. The Morgan fingerprint density at radius 1 is 0.491 bits per heavy atom. The molecular weight excluding hydrogens is 661 g/mol. The SMILES string of the molecule is COC1O[C@@H]([C@@H](COC(c2ccccc2)(c2ccccc2)c2ccccc2)OCc2ccccc2)[C@H](OCc2ccccc2)[C@H]1OCc1ccccc1. The van der Waals surface area contributed by atoms with Crippen LogP contribution in [0, 0.1) is 0 Å². The fraction of sp³-hybridized carbons (Fsp3) is 0.234. The quantitative estimate of drug-likeness (QED) is 0.0883. The zero-order valence-electron chi connectivity index (χ0n) is 30.0. The molecule has 270 valence electrons. The molecule has 1 aliphatic rings. The molecule has 1 fully saturated rings. The third-order valence-corrected chi connectivity index (χ3v) is 9.69. The average Bonchev–Trinajstić information content (AvgIpc) is 3.59. The maximum absolute atomic E-state index is 7.35. The molecule has 0 spiro atoms. The molecule has 1 aliphatic heterocycles. The molecule has 6 aromatic rings. The van der Waals surface area contributed by atoms with Gasteiger partial charge in [0.1, 0.15) is 30.0 Å². The maximum Gasteiger partial charge on any atom is 0.186 e. The van der Waals surface area contributed by atoms with Crippen molar-refractivity contribution in [1.29, 1.82) is 0 Å². The molecule has 0 bridgehead atoms. The number of ether oxygens (including phenoxy) is 6. The van der Waals surface area contributed by atoms with E-state index < -0.39 is 36.3 Å². The Labute approximate surface area is 312 Å². The zero-order valence-corrected chi connectivity index (χ0v) is 30.0. The lowest BCUT2D eigenvalue weighted by atomic mass is 9.80. The van der Waals surface area contributed by atoms with E-state index in [4.69, 9.17) is 28.4 Å². The summed E-state index contributed by atoms with van der Waals surface area (Å²) < 4.78 is 40.4. The van der Waals surface area contributed by atoms with Crippen molar-refractivity contribution < 1.29 is 28.4 Å². The van der Waals surface area contributed by atoms with E-state index in [0.717, 1.165) is 33.4 Å². The van der Waals surface area contributed by atoms with Gasteiger partial charge < -0.3 is 28.4 Å². The highest BCUT2D eigenvalue weighted by atomic mass is 16.7. The van der Waals surface area contributed by atoms with E-state index in [2.05, 4.69) is 60.7 Å². The standard InChI is InChI=1S/C47H46O6/c1-48-46-45(51-34-38-24-12-4-13-25-38)44(50-33-37-22-10-3-11-23-37)43(53-46)42(49-32-36-20-8-2-9-21-36)35-52-47(39-26-14-5-15-27-39,40-28-16-6-17-29-40)41-30-18-7-19-31-41/h2-31,42-46H,32-35H2,1H3/t42-,43+,44+,45-,46?/m1/s1. The molecule has 0 amide bonds. The smallest absolute Gasteiger partial charge is 0.186 e. The highest BCUT2D eigenvalue weighted by molar-refractivity contribution is 5.47. The zero-order chi connectivity index (χ0) is 36.1. The Hall–Kier alpha value is -4.92. The van der Waals surface area contributed by atoms with Crippen LogP contribution >= 0.6 is 0 Å². The predicted molar refractivity (Wildman–Crippen MR) is 206 cm³/mol. The number of rotatable bonds is 17. The normalized spacial score (nSPS) is 19.2. The molecule has 6 heteroatoms. The highest BCUT2D eigenvalue weighted by Crippen LogP contribution is 2.41. The number of hydrogen-bond acceptors (Lipinski definition) is 6. The Kier molecular flexibility index (Phi) is 12.5. The van der Waals surface area contributed by atoms with Crippen LogP contribution in [0.3, 0.4) is 0 Å². The number of methoxy groups -OCH3 is 1. The lowest BCUT2D eigenvalue weighted by Gasteiger charge is -2.38. The average molecular weight is 707 g/mol. The molecule has 0 aliphatic carbocycles. The molecule has 1 saturated heterocycles. The van der Waals surface area contributed by atoms with Crippen LogP contribution in [0.15, 0.2) is 182 Å². The Bertz CT molecular complexity index is 1810. The van der Waals surface area contributed by atoms with Gasteiger partial charge in [0.25, 0.3) is 0 Å². The number of hydrogen-bond donors (Lipinski definition) is 0. The minimum absolute atomic E-state index is 0.170. The molecule has 1 unspecified atom stereocenters. The first-order chi connectivity index (χ1) is 26.2. The van der Waals surface area contributed by atoms with Gasteiger partial charge in [0.2, 0.25) is 0 Å². The lowest BCUT2D eigenvalue weighted by Crippen LogP contribution is -2.46. The number of benzene rings is 6. The second-order valence-electron chi connectivity index (χ2n) is 13.2. The molecule has 7 rings (SSSR count). The van der Waals surface area contributed by atoms with Crippen LogP contribution in [0.2, 0.25) is 0 Å². The summed E-state index contributed by atoms with van der Waals surface area (Å²) in [7, 11) is 1.64. The first-order valence-corrected chi connectivity index (χ1v) is 18.2. The lowest BCUT2D eigenvalue weighted by molar-refractivity contribution is -0.190. The van der Waals surface area contributed by atoms with E-state index in [1.54, 1.807) is 7.11 Å². The molecule has 6 nitrogen and oxygen atoms in total. The van der Waals surface area contributed by atoms with Crippen LogP contribution in [0.5, 0.6) is 0 Å². The molecule has 0 aromatic heterocycles. The van der Waals surface area contributed by atoms with Crippen molar-refractivity contribution in [3.8, 4) is 0 Å². The Balaban J connectivity index is 1.26. The first kappa shape index (κ1) is 36.4. The minimum atomic E-state index is -0.957. The molecule has 5 atom stereocenters. The van der Waals surface area contributed by atoms with Gasteiger partial charge >= 0.3 is 0 Å². The third kappa shape index (κ3) is 8.83. The van der Waals surface area contributed by atoms with Crippen molar-refractivity contribution >= 4 is 0 Å². The van der Waals surface area contributed by atoms with Crippen molar-refractivity contribution in [2.24, 2.45) is 0 Å². The van der Waals surface area contributed by atoms with Crippen LogP contribution in [0.25, 0.3) is 0 Å². The van der Waals surface area contributed by atoms with Crippen molar-refractivity contribution in [3.63, 3.8) is 0 Å². The van der Waals surface area contributed by atoms with Crippen LogP contribution in [-0.2, 0) is 53.8 Å². The summed E-state index contributed by atoms with van der Waals surface area (Å²) in [5.74, 6) is 0. The van der Waals surface area contributed by atoms with Crippen molar-refractivity contribution in [1.82, 2.24) is 0 Å². The summed E-state index contributed by atoms with van der Waals surface area (Å²) in [5.41, 5.74) is 5.18. The molecule has 53 heavy (non-hydrogen) atoms. The van der Waals surface area contributed by atoms with Gasteiger partial charge in [0, 0.05) is 7.11 Å². The largest absolute Gasteiger partial charge is 0.368 e. The Morgan fingerprint density at radius 2 is 0.868 bits per heavy atom. The summed E-state index contributed by atoms with van der Waals surface area (Å²) in [5, 5.41) is 0. The molecular formula is C47H46O6. The van der Waals surface area contributed by atoms with Gasteiger partial charge in [-0.3, -0.25) is 0 Å². The van der Waals surface area contributed by atoms with Crippen LogP contribution in [0.4, 0.5) is 0 Å². The minimum Gasteiger partial charge on any atom is -0.368 e. The van der Waals surface area contributed by atoms with Crippen LogP contribution in [0.1, 0.15) is 33.4 Å². The topological polar surface area (TPSA) is 55.4 Å². The van der Waals surface area contributed by atoms with E-state index in [-0.39, 0.29) is 6.61 Å². The second-order valence-corrected chi connectivity index (χ2v) is 13.2. The van der Waals surface area contributed by atoms with E-state index in [1.165, 1.54) is 0 Å². The van der Waals surface area contributed by atoms with Crippen molar-refractivity contribution in [2.45, 2.75) is 56.1 Å². The van der Waals surface area contributed by atoms with E-state index >= 15 is 0 Å². The fourth-order valence-electron chi connectivity index (χ4n) is 7.03. The van der Waals surface area contributed by atoms with Crippen molar-refractivity contribution in [2.75, 3.05) is 13.7 Å². The summed E-state index contributed by atoms with van der Waals surface area (Å²) >= 11 is 0. The molecule has 0 N–H and O–H groups in total. The molecule has 6 aromatic carbocycles. The molecule has 0 radical (unpaired) electrons. The van der Waals surface area contributed by atoms with E-state index in [9.17, 15) is 0 Å². The van der Waals surface area contributed by atoms with Crippen LogP contribution < -0.4 is 0 Å². The van der Waals surface area contributed by atoms with Gasteiger partial charge in [-0.15, -0.1) is 0 Å². The van der Waals surface area contributed by atoms with E-state index in [0.29, 0.717) is 19.8 Å². The first-order valence-electron chi connectivity index (χ1n) is 18.2. The van der Waals surface area contributed by atoms with Gasteiger partial charge in [-0.05, 0) is 33.4 Å². The van der Waals surface area contributed by atoms with Gasteiger partial charge in [-0.2, -0.15) is 0 Å². The van der Waals surface area contributed by atoms with Gasteiger partial charge in [-0.1, -0.05) is 182 Å². The van der Waals surface area contributed by atoms with Crippen LogP contribution in [-0.4, -0.2) is 44.4 Å².